The van der Waals surface area contributed by atoms with Crippen LogP contribution in [0.4, 0.5) is 34.1 Å². The van der Waals surface area contributed by atoms with E-state index in [9.17, 15) is 9.59 Å². The minimum atomic E-state index is -0.131. The fourth-order valence-electron chi connectivity index (χ4n) is 13.0. The van der Waals surface area contributed by atoms with Gasteiger partial charge >= 0.3 is 0 Å². The molecule has 0 aliphatic heterocycles. The number of anilines is 6. The Labute approximate surface area is 471 Å². The van der Waals surface area contributed by atoms with Crippen LogP contribution in [0.3, 0.4) is 0 Å². The maximum absolute atomic E-state index is 14.1. The largest absolute Gasteiger partial charge is 0.310 e. The van der Waals surface area contributed by atoms with Crippen molar-refractivity contribution >= 4 is 79.4 Å². The predicted molar refractivity (Wildman–Crippen MR) is 333 cm³/mol. The van der Waals surface area contributed by atoms with E-state index < -0.39 is 0 Å². The Kier molecular flexibility index (Phi) is 11.7. The molecule has 4 heteroatoms. The first kappa shape index (κ1) is 47.8. The molecule has 3 aliphatic rings. The number of rotatable bonds is 10. The van der Waals surface area contributed by atoms with Gasteiger partial charge in [-0.25, -0.2) is 0 Å². The zero-order valence-corrected chi connectivity index (χ0v) is 44.3. The standard InChI is InChI=1S/C77H52N2O2/c80-76-68-29-13-11-27-66(68)74(54-19-3-1-4-20-54)70(76)45-50-33-37-58(38-34-50)78(72-31-15-23-52-17-7-9-25-64(52)72)60-41-43-62-56(48-60)47-57-49-61(42-44-63(57)62)79(73-32-16-24-53-18-8-10-26-65(53)73)59-39-35-51(36-40-59)46-71-75(55-21-5-2-6-22-55)67-28-12-14-30-69(67)77(71)81/h1-46,48-49,74-75H,47H2. The third-order valence-electron chi connectivity index (χ3n) is 16.8. The van der Waals surface area contributed by atoms with Crippen molar-refractivity contribution in [2.75, 3.05) is 9.80 Å². The molecule has 15 rings (SSSR count). The van der Waals surface area contributed by atoms with E-state index >= 15 is 0 Å². The zero-order valence-electron chi connectivity index (χ0n) is 44.3. The van der Waals surface area contributed by atoms with Gasteiger partial charge in [-0.3, -0.25) is 9.59 Å². The summed E-state index contributed by atoms with van der Waals surface area (Å²) in [5.41, 5.74) is 20.8. The summed E-state index contributed by atoms with van der Waals surface area (Å²) < 4.78 is 0. The van der Waals surface area contributed by atoms with Gasteiger partial charge in [0.2, 0.25) is 0 Å². The first-order chi connectivity index (χ1) is 40.0. The van der Waals surface area contributed by atoms with Crippen LogP contribution in [-0.4, -0.2) is 11.6 Å². The topological polar surface area (TPSA) is 40.6 Å². The second kappa shape index (κ2) is 19.8. The van der Waals surface area contributed by atoms with Gasteiger partial charge in [-0.15, -0.1) is 0 Å². The molecule has 0 bridgehead atoms. The highest BCUT2D eigenvalue weighted by Gasteiger charge is 2.37. The molecule has 12 aromatic carbocycles. The number of carbonyl (C=O) groups excluding carboxylic acids is 2. The van der Waals surface area contributed by atoms with Crippen molar-refractivity contribution < 1.29 is 9.59 Å². The summed E-state index contributed by atoms with van der Waals surface area (Å²) in [4.78, 5) is 33.0. The highest BCUT2D eigenvalue weighted by atomic mass is 16.1. The molecule has 0 spiro atoms. The van der Waals surface area contributed by atoms with Crippen molar-refractivity contribution in [2.24, 2.45) is 0 Å². The molecule has 2 unspecified atom stereocenters. The third-order valence-corrected chi connectivity index (χ3v) is 16.8. The average molecular weight is 1040 g/mol. The molecule has 0 N–H and O–H groups in total. The maximum Gasteiger partial charge on any atom is 0.190 e. The summed E-state index contributed by atoms with van der Waals surface area (Å²) in [5, 5.41) is 4.66. The van der Waals surface area contributed by atoms with Crippen molar-refractivity contribution in [1.82, 2.24) is 0 Å². The van der Waals surface area contributed by atoms with Crippen molar-refractivity contribution in [3.63, 3.8) is 0 Å². The fourth-order valence-corrected chi connectivity index (χ4v) is 13.0. The van der Waals surface area contributed by atoms with Gasteiger partial charge in [-0.05, 0) is 146 Å². The first-order valence-electron chi connectivity index (χ1n) is 27.8. The van der Waals surface area contributed by atoms with Gasteiger partial charge in [0.1, 0.15) is 0 Å². The molecule has 0 aromatic heterocycles. The van der Waals surface area contributed by atoms with Crippen LogP contribution < -0.4 is 9.80 Å². The molecule has 2 atom stereocenters. The van der Waals surface area contributed by atoms with Crippen LogP contribution in [-0.2, 0) is 6.42 Å². The quantitative estimate of drug-likeness (QED) is 0.128. The number of carbonyl (C=O) groups is 2. The van der Waals surface area contributed by atoms with Gasteiger partial charge in [0.15, 0.2) is 11.6 Å². The van der Waals surface area contributed by atoms with E-state index in [0.29, 0.717) is 0 Å². The molecule has 0 radical (unpaired) electrons. The van der Waals surface area contributed by atoms with E-state index in [1.54, 1.807) is 0 Å². The Balaban J connectivity index is 0.782. The molecule has 0 saturated carbocycles. The number of hydrogen-bond acceptors (Lipinski definition) is 4. The molecular weight excluding hydrogens is 985 g/mol. The Morgan fingerprint density at radius 1 is 0.321 bits per heavy atom. The number of fused-ring (bicyclic) bond motifs is 7. The third kappa shape index (κ3) is 8.31. The lowest BCUT2D eigenvalue weighted by Crippen LogP contribution is -2.11. The number of allylic oxidation sites excluding steroid dienone is 2. The first-order valence-corrected chi connectivity index (χ1v) is 27.8. The van der Waals surface area contributed by atoms with Crippen LogP contribution in [0.25, 0.3) is 44.8 Å². The van der Waals surface area contributed by atoms with Gasteiger partial charge in [-0.1, -0.05) is 218 Å². The number of benzene rings is 12. The molecule has 382 valence electrons. The normalized spacial score (nSPS) is 16.0. The molecule has 4 nitrogen and oxygen atoms in total. The van der Waals surface area contributed by atoms with Crippen molar-refractivity contribution in [3.05, 3.63) is 346 Å². The molecule has 0 amide bonds. The molecule has 81 heavy (non-hydrogen) atoms. The Morgan fingerprint density at radius 2 is 0.691 bits per heavy atom. The van der Waals surface area contributed by atoms with Crippen LogP contribution in [0.2, 0.25) is 0 Å². The van der Waals surface area contributed by atoms with Crippen molar-refractivity contribution in [2.45, 2.75) is 18.3 Å². The number of hydrogen-bond donors (Lipinski definition) is 0. The van der Waals surface area contributed by atoms with Gasteiger partial charge in [0, 0.05) is 67.6 Å². The lowest BCUT2D eigenvalue weighted by molar-refractivity contribution is 0.103. The van der Waals surface area contributed by atoms with Crippen LogP contribution >= 0.6 is 0 Å². The number of Topliss-reactive ketones (excluding diaryl/α,β-unsaturated/α-hetero) is 2. The van der Waals surface area contributed by atoms with Crippen LogP contribution in [0.15, 0.2) is 290 Å². The number of ketones is 2. The predicted octanol–water partition coefficient (Wildman–Crippen LogP) is 19.3. The van der Waals surface area contributed by atoms with Gasteiger partial charge in [0.25, 0.3) is 0 Å². The monoisotopic (exact) mass is 1040 g/mol. The minimum Gasteiger partial charge on any atom is -0.310 e. The molecular formula is C77H52N2O2. The maximum atomic E-state index is 14.1. The van der Waals surface area contributed by atoms with Gasteiger partial charge < -0.3 is 9.80 Å². The Bertz CT molecular complexity index is 4240. The SMILES string of the molecule is O=C1C(=Cc2ccc(N(c3ccc4c(c3)Cc3cc(N(c5ccc(C=C6C(=O)c7ccccc7C6c6ccccc6)cc5)c5cccc6ccccc56)ccc3-4)c3cccc4ccccc34)cc2)C(c2ccccc2)c2ccccc21. The summed E-state index contributed by atoms with van der Waals surface area (Å²) in [6.45, 7) is 0. The van der Waals surface area contributed by atoms with E-state index in [4.69, 9.17) is 0 Å². The van der Waals surface area contributed by atoms with E-state index in [2.05, 4.69) is 228 Å². The van der Waals surface area contributed by atoms with Gasteiger partial charge in [0.05, 0.1) is 11.4 Å². The van der Waals surface area contributed by atoms with Gasteiger partial charge in [-0.2, -0.15) is 0 Å². The van der Waals surface area contributed by atoms with Crippen molar-refractivity contribution in [3.8, 4) is 11.1 Å². The lowest BCUT2D eigenvalue weighted by atomic mass is 9.89. The molecule has 12 aromatic rings. The Hall–Kier alpha value is -10.4. The highest BCUT2D eigenvalue weighted by molar-refractivity contribution is 6.18. The average Bonchev–Trinajstić information content (AvgIpc) is 4.38. The van der Waals surface area contributed by atoms with E-state index in [-0.39, 0.29) is 23.4 Å². The van der Waals surface area contributed by atoms with Crippen LogP contribution in [0.1, 0.15) is 77.1 Å². The molecule has 3 aliphatic carbocycles. The highest BCUT2D eigenvalue weighted by Crippen LogP contribution is 2.49. The van der Waals surface area contributed by atoms with Crippen LogP contribution in [0, 0.1) is 0 Å². The van der Waals surface area contributed by atoms with Crippen LogP contribution in [0.5, 0.6) is 0 Å². The summed E-state index contributed by atoms with van der Waals surface area (Å²) in [6, 6.07) is 98.2. The van der Waals surface area contributed by atoms with E-state index in [0.717, 1.165) is 107 Å². The molecule has 0 heterocycles. The second-order valence-corrected chi connectivity index (χ2v) is 21.4. The Morgan fingerprint density at radius 3 is 1.14 bits per heavy atom. The fraction of sp³-hybridized carbons (Fsp3) is 0.0390. The minimum absolute atomic E-state index is 0.0827. The van der Waals surface area contributed by atoms with E-state index in [1.165, 1.54) is 33.0 Å². The summed E-state index contributed by atoms with van der Waals surface area (Å²) in [7, 11) is 0. The summed E-state index contributed by atoms with van der Waals surface area (Å²) in [5.74, 6) is -0.0966. The van der Waals surface area contributed by atoms with E-state index in [1.807, 2.05) is 72.8 Å². The molecule has 0 saturated heterocycles. The smallest absolute Gasteiger partial charge is 0.190 e. The number of nitrogens with zero attached hydrogens (tertiary/aromatic N) is 2. The zero-order chi connectivity index (χ0) is 54.0. The molecule has 0 fully saturated rings. The second-order valence-electron chi connectivity index (χ2n) is 21.4. The summed E-state index contributed by atoms with van der Waals surface area (Å²) >= 11 is 0. The summed E-state index contributed by atoms with van der Waals surface area (Å²) in [6.07, 6.45) is 4.94. The lowest BCUT2D eigenvalue weighted by Gasteiger charge is -2.27. The van der Waals surface area contributed by atoms with Crippen molar-refractivity contribution in [1.29, 1.82) is 0 Å².